The molecule has 0 amide bonds. The fourth-order valence-electron chi connectivity index (χ4n) is 1.30. The lowest BCUT2D eigenvalue weighted by molar-refractivity contribution is 0.328. The number of aromatic nitrogens is 3. The monoisotopic (exact) mass is 309 g/mol. The van der Waals surface area contributed by atoms with Crippen LogP contribution >= 0.6 is 15.9 Å². The Kier molecular flexibility index (Phi) is 3.93. The molecule has 0 atom stereocenters. The summed E-state index contributed by atoms with van der Waals surface area (Å²) in [6.07, 6.45) is 3.08. The highest BCUT2D eigenvalue weighted by atomic mass is 79.9. The number of ether oxygens (including phenoxy) is 1. The molecule has 0 saturated heterocycles. The van der Waals surface area contributed by atoms with Crippen LogP contribution in [-0.4, -0.2) is 21.6 Å². The van der Waals surface area contributed by atoms with Gasteiger partial charge in [-0.2, -0.15) is 4.98 Å². The molecule has 0 aliphatic heterocycles. The molecule has 0 radical (unpaired) electrons. The molecule has 0 saturated carbocycles. The summed E-state index contributed by atoms with van der Waals surface area (Å²) in [6, 6.07) is 3.68. The van der Waals surface area contributed by atoms with Gasteiger partial charge in [0.15, 0.2) is 5.82 Å². The standard InChI is InChI=1S/C11H12BrN5O/c1-2-18-11-9(13)10(15-6-16-11)17-8-4-3-7(12)5-14-8/h3-6H,2,13H2,1H3,(H,14,15,16,17). The molecule has 0 bridgehead atoms. The van der Waals surface area contributed by atoms with Gasteiger partial charge in [0.05, 0.1) is 6.61 Å². The summed E-state index contributed by atoms with van der Waals surface area (Å²) in [6.45, 7) is 2.36. The Labute approximate surface area is 113 Å². The van der Waals surface area contributed by atoms with Crippen molar-refractivity contribution in [2.75, 3.05) is 17.7 Å². The minimum Gasteiger partial charge on any atom is -0.476 e. The molecule has 7 heteroatoms. The number of pyridine rings is 1. The first kappa shape index (κ1) is 12.6. The number of halogens is 1. The van der Waals surface area contributed by atoms with E-state index in [1.54, 1.807) is 6.20 Å². The van der Waals surface area contributed by atoms with Gasteiger partial charge in [-0.25, -0.2) is 9.97 Å². The molecule has 0 unspecified atom stereocenters. The minimum absolute atomic E-state index is 0.365. The molecule has 2 rings (SSSR count). The second-order valence-corrected chi connectivity index (χ2v) is 4.28. The second kappa shape index (κ2) is 5.63. The van der Waals surface area contributed by atoms with Crippen LogP contribution in [0.5, 0.6) is 5.88 Å². The molecule has 2 aromatic rings. The van der Waals surface area contributed by atoms with Crippen molar-refractivity contribution in [3.05, 3.63) is 29.1 Å². The van der Waals surface area contributed by atoms with E-state index in [-0.39, 0.29) is 0 Å². The van der Waals surface area contributed by atoms with Gasteiger partial charge in [0, 0.05) is 10.7 Å². The van der Waals surface area contributed by atoms with E-state index in [0.29, 0.717) is 29.8 Å². The van der Waals surface area contributed by atoms with E-state index in [0.717, 1.165) is 4.47 Å². The van der Waals surface area contributed by atoms with Crippen molar-refractivity contribution in [2.45, 2.75) is 6.92 Å². The quantitative estimate of drug-likeness (QED) is 0.901. The normalized spacial score (nSPS) is 10.1. The summed E-state index contributed by atoms with van der Waals surface area (Å²) in [5.74, 6) is 1.49. The molecule has 0 fully saturated rings. The van der Waals surface area contributed by atoms with Gasteiger partial charge >= 0.3 is 0 Å². The van der Waals surface area contributed by atoms with Crippen molar-refractivity contribution in [1.29, 1.82) is 0 Å². The first-order chi connectivity index (χ1) is 8.70. The van der Waals surface area contributed by atoms with Crippen LogP contribution < -0.4 is 15.8 Å². The van der Waals surface area contributed by atoms with Crippen molar-refractivity contribution in [3.8, 4) is 5.88 Å². The molecule has 94 valence electrons. The Morgan fingerprint density at radius 1 is 1.33 bits per heavy atom. The van der Waals surface area contributed by atoms with Gasteiger partial charge in [-0.15, -0.1) is 0 Å². The zero-order valence-electron chi connectivity index (χ0n) is 9.72. The van der Waals surface area contributed by atoms with Crippen LogP contribution in [0.1, 0.15) is 6.92 Å². The average Bonchev–Trinajstić information content (AvgIpc) is 2.37. The van der Waals surface area contributed by atoms with Gasteiger partial charge in [-0.05, 0) is 35.0 Å². The first-order valence-corrected chi connectivity index (χ1v) is 6.12. The van der Waals surface area contributed by atoms with E-state index in [1.807, 2.05) is 19.1 Å². The third kappa shape index (κ3) is 2.86. The Bertz CT molecular complexity index is 531. The molecule has 2 aromatic heterocycles. The third-order valence-electron chi connectivity index (χ3n) is 2.10. The topological polar surface area (TPSA) is 86.0 Å². The highest BCUT2D eigenvalue weighted by Crippen LogP contribution is 2.26. The largest absolute Gasteiger partial charge is 0.476 e. The zero-order valence-corrected chi connectivity index (χ0v) is 11.3. The van der Waals surface area contributed by atoms with Crippen LogP contribution in [0.25, 0.3) is 0 Å². The van der Waals surface area contributed by atoms with Crippen LogP contribution in [0.15, 0.2) is 29.1 Å². The van der Waals surface area contributed by atoms with Gasteiger partial charge in [0.25, 0.3) is 0 Å². The third-order valence-corrected chi connectivity index (χ3v) is 2.57. The lowest BCUT2D eigenvalue weighted by Gasteiger charge is -2.10. The summed E-state index contributed by atoms with van der Waals surface area (Å²) < 4.78 is 6.19. The second-order valence-electron chi connectivity index (χ2n) is 3.36. The molecule has 0 aromatic carbocycles. The minimum atomic E-state index is 0.365. The van der Waals surface area contributed by atoms with E-state index in [2.05, 4.69) is 36.2 Å². The molecule has 0 spiro atoms. The maximum Gasteiger partial charge on any atom is 0.242 e. The Morgan fingerprint density at radius 3 is 2.83 bits per heavy atom. The summed E-state index contributed by atoms with van der Waals surface area (Å²) in [7, 11) is 0. The lowest BCUT2D eigenvalue weighted by Crippen LogP contribution is -2.05. The smallest absolute Gasteiger partial charge is 0.242 e. The number of rotatable bonds is 4. The zero-order chi connectivity index (χ0) is 13.0. The molecular weight excluding hydrogens is 298 g/mol. The summed E-state index contributed by atoms with van der Waals surface area (Å²) in [5, 5.41) is 3.01. The van der Waals surface area contributed by atoms with Crippen molar-refractivity contribution in [3.63, 3.8) is 0 Å². The first-order valence-electron chi connectivity index (χ1n) is 5.32. The van der Waals surface area contributed by atoms with E-state index < -0.39 is 0 Å². The van der Waals surface area contributed by atoms with Gasteiger partial charge in [-0.1, -0.05) is 0 Å². The number of hydrogen-bond donors (Lipinski definition) is 2. The van der Waals surface area contributed by atoms with E-state index in [1.165, 1.54) is 6.33 Å². The maximum absolute atomic E-state index is 5.90. The van der Waals surface area contributed by atoms with E-state index in [4.69, 9.17) is 10.5 Å². The van der Waals surface area contributed by atoms with E-state index >= 15 is 0 Å². The number of nitrogen functional groups attached to an aromatic ring is 1. The van der Waals surface area contributed by atoms with Crippen LogP contribution in [0.2, 0.25) is 0 Å². The fraction of sp³-hybridized carbons (Fsp3) is 0.182. The summed E-state index contributed by atoms with van der Waals surface area (Å²) in [5.41, 5.74) is 6.26. The van der Waals surface area contributed by atoms with E-state index in [9.17, 15) is 0 Å². The summed E-state index contributed by atoms with van der Waals surface area (Å²) >= 11 is 3.32. The van der Waals surface area contributed by atoms with Crippen LogP contribution in [-0.2, 0) is 0 Å². The Hall–Kier alpha value is -1.89. The number of nitrogens with one attached hydrogen (secondary N) is 1. The molecule has 0 aliphatic carbocycles. The van der Waals surface area contributed by atoms with Crippen molar-refractivity contribution >= 4 is 33.3 Å². The van der Waals surface area contributed by atoms with Gasteiger partial charge in [0.2, 0.25) is 5.88 Å². The molecule has 6 nitrogen and oxygen atoms in total. The highest BCUT2D eigenvalue weighted by Gasteiger charge is 2.09. The van der Waals surface area contributed by atoms with Crippen molar-refractivity contribution in [1.82, 2.24) is 15.0 Å². The lowest BCUT2D eigenvalue weighted by atomic mass is 10.4. The number of nitrogens with zero attached hydrogens (tertiary/aromatic N) is 3. The average molecular weight is 310 g/mol. The summed E-state index contributed by atoms with van der Waals surface area (Å²) in [4.78, 5) is 12.2. The van der Waals surface area contributed by atoms with Crippen LogP contribution in [0.4, 0.5) is 17.3 Å². The predicted octanol–water partition coefficient (Wildman–Crippen LogP) is 2.36. The fourth-order valence-corrected chi connectivity index (χ4v) is 1.54. The van der Waals surface area contributed by atoms with Crippen LogP contribution in [0.3, 0.4) is 0 Å². The number of nitrogens with two attached hydrogens (primary N) is 1. The Morgan fingerprint density at radius 2 is 2.17 bits per heavy atom. The Balaban J connectivity index is 2.23. The maximum atomic E-state index is 5.90. The molecule has 3 N–H and O–H groups in total. The van der Waals surface area contributed by atoms with Gasteiger partial charge < -0.3 is 15.8 Å². The number of hydrogen-bond acceptors (Lipinski definition) is 6. The van der Waals surface area contributed by atoms with Crippen LogP contribution in [0, 0.1) is 0 Å². The molecule has 2 heterocycles. The predicted molar refractivity (Wildman–Crippen MR) is 72.8 cm³/mol. The van der Waals surface area contributed by atoms with Crippen molar-refractivity contribution in [2.24, 2.45) is 0 Å². The van der Waals surface area contributed by atoms with Gasteiger partial charge in [-0.3, -0.25) is 0 Å². The van der Waals surface area contributed by atoms with Gasteiger partial charge in [0.1, 0.15) is 17.8 Å². The highest BCUT2D eigenvalue weighted by molar-refractivity contribution is 9.10. The molecule has 0 aliphatic rings. The molecular formula is C11H12BrN5O. The van der Waals surface area contributed by atoms with Crippen molar-refractivity contribution < 1.29 is 4.74 Å². The molecule has 18 heavy (non-hydrogen) atoms. The number of anilines is 3. The SMILES string of the molecule is CCOc1ncnc(Nc2ccc(Br)cn2)c1N.